The summed E-state index contributed by atoms with van der Waals surface area (Å²) in [4.78, 5) is 2.33. The second kappa shape index (κ2) is 4.90. The van der Waals surface area contributed by atoms with Crippen LogP contribution in [-0.2, 0) is 0 Å². The van der Waals surface area contributed by atoms with Gasteiger partial charge in [-0.1, -0.05) is 0 Å². The minimum absolute atomic E-state index is 0.286. The molecular formula is C14H20N2O3. The van der Waals surface area contributed by atoms with Crippen LogP contribution in [0.3, 0.4) is 0 Å². The van der Waals surface area contributed by atoms with Crippen LogP contribution in [0.1, 0.15) is 18.0 Å². The Morgan fingerprint density at radius 1 is 1.37 bits per heavy atom. The third kappa shape index (κ3) is 2.13. The number of likely N-dealkylation sites (tertiary alicyclic amines) is 1. The molecule has 0 aliphatic carbocycles. The highest BCUT2D eigenvalue weighted by Gasteiger charge is 2.33. The highest BCUT2D eigenvalue weighted by Crippen LogP contribution is 2.44. The highest BCUT2D eigenvalue weighted by molar-refractivity contribution is 5.53. The molecule has 1 aromatic carbocycles. The first-order chi connectivity index (χ1) is 9.22. The maximum Gasteiger partial charge on any atom is 0.231 e. The fourth-order valence-corrected chi connectivity index (χ4v) is 3.02. The third-order valence-corrected chi connectivity index (χ3v) is 4.05. The summed E-state index contributed by atoms with van der Waals surface area (Å²) < 4.78 is 16.4. The summed E-state index contributed by atoms with van der Waals surface area (Å²) in [6.07, 6.45) is 1.06. The monoisotopic (exact) mass is 264 g/mol. The molecule has 2 N–H and O–H groups in total. The van der Waals surface area contributed by atoms with E-state index in [2.05, 4.69) is 11.9 Å². The lowest BCUT2D eigenvalue weighted by molar-refractivity contribution is 0.173. The minimum atomic E-state index is 0.286. The number of benzene rings is 1. The van der Waals surface area contributed by atoms with E-state index in [4.69, 9.17) is 19.9 Å². The maximum absolute atomic E-state index is 5.79. The van der Waals surface area contributed by atoms with E-state index >= 15 is 0 Å². The quantitative estimate of drug-likeness (QED) is 0.893. The Morgan fingerprint density at radius 2 is 2.11 bits per heavy atom. The van der Waals surface area contributed by atoms with Crippen molar-refractivity contribution in [3.8, 4) is 17.2 Å². The Bertz CT molecular complexity index is 478. The zero-order valence-corrected chi connectivity index (χ0v) is 11.4. The molecule has 5 nitrogen and oxygen atoms in total. The molecule has 19 heavy (non-hydrogen) atoms. The average Bonchev–Trinajstić information content (AvgIpc) is 3.02. The van der Waals surface area contributed by atoms with Crippen molar-refractivity contribution in [1.82, 2.24) is 4.90 Å². The zero-order valence-electron chi connectivity index (χ0n) is 11.4. The molecule has 0 spiro atoms. The molecule has 1 saturated heterocycles. The zero-order chi connectivity index (χ0) is 13.4. The number of fused-ring (bicyclic) bond motifs is 1. The molecule has 0 bridgehead atoms. The molecule has 3 rings (SSSR count). The number of hydrogen-bond acceptors (Lipinski definition) is 5. The number of hydrogen-bond donors (Lipinski definition) is 1. The second-order valence-electron chi connectivity index (χ2n) is 5.24. The van der Waals surface area contributed by atoms with Crippen LogP contribution in [0.4, 0.5) is 0 Å². The fraction of sp³-hybridized carbons (Fsp3) is 0.571. The number of nitrogens with two attached hydrogens (primary N) is 1. The van der Waals surface area contributed by atoms with E-state index in [0.29, 0.717) is 12.0 Å². The van der Waals surface area contributed by atoms with Gasteiger partial charge in [-0.15, -0.1) is 0 Å². The summed E-state index contributed by atoms with van der Waals surface area (Å²) in [6.45, 7) is 2.04. The average molecular weight is 264 g/mol. The van der Waals surface area contributed by atoms with Crippen molar-refractivity contribution in [3.63, 3.8) is 0 Å². The van der Waals surface area contributed by atoms with Gasteiger partial charge in [-0.3, -0.25) is 4.90 Å². The van der Waals surface area contributed by atoms with Gasteiger partial charge in [0, 0.05) is 24.2 Å². The van der Waals surface area contributed by atoms with Crippen molar-refractivity contribution in [2.75, 3.05) is 34.0 Å². The van der Waals surface area contributed by atoms with Crippen LogP contribution < -0.4 is 19.9 Å². The largest absolute Gasteiger partial charge is 0.496 e. The summed E-state index contributed by atoms with van der Waals surface area (Å²) in [5.74, 6) is 2.97. The summed E-state index contributed by atoms with van der Waals surface area (Å²) in [5.41, 5.74) is 6.95. The molecular weight excluding hydrogens is 244 g/mol. The van der Waals surface area contributed by atoms with E-state index in [9.17, 15) is 0 Å². The van der Waals surface area contributed by atoms with Crippen molar-refractivity contribution < 1.29 is 14.2 Å². The molecule has 2 aliphatic rings. The summed E-state index contributed by atoms with van der Waals surface area (Å²) >= 11 is 0. The molecule has 2 heterocycles. The summed E-state index contributed by atoms with van der Waals surface area (Å²) in [5, 5.41) is 0. The van der Waals surface area contributed by atoms with Crippen LogP contribution in [-0.4, -0.2) is 38.9 Å². The van der Waals surface area contributed by atoms with Gasteiger partial charge in [0.05, 0.1) is 7.11 Å². The lowest BCUT2D eigenvalue weighted by atomic mass is 9.98. The van der Waals surface area contributed by atoms with Crippen molar-refractivity contribution in [2.24, 2.45) is 11.7 Å². The van der Waals surface area contributed by atoms with Gasteiger partial charge in [0.1, 0.15) is 5.75 Å². The third-order valence-electron chi connectivity index (χ3n) is 4.05. The smallest absolute Gasteiger partial charge is 0.231 e. The van der Waals surface area contributed by atoms with Crippen LogP contribution in [0.5, 0.6) is 17.2 Å². The van der Waals surface area contributed by atoms with Gasteiger partial charge in [-0.25, -0.2) is 0 Å². The van der Waals surface area contributed by atoms with Crippen LogP contribution in [0.15, 0.2) is 12.1 Å². The minimum Gasteiger partial charge on any atom is -0.496 e. The maximum atomic E-state index is 5.79. The molecule has 1 fully saturated rings. The predicted octanol–water partition coefficient (Wildman–Crippen LogP) is 1.38. The van der Waals surface area contributed by atoms with Crippen molar-refractivity contribution in [1.29, 1.82) is 0 Å². The lowest BCUT2D eigenvalue weighted by Crippen LogP contribution is -2.20. The Balaban J connectivity index is 1.95. The van der Waals surface area contributed by atoms with Gasteiger partial charge < -0.3 is 19.9 Å². The first-order valence-electron chi connectivity index (χ1n) is 6.60. The van der Waals surface area contributed by atoms with Crippen LogP contribution in [0, 0.1) is 5.92 Å². The number of nitrogens with zero attached hydrogens (tertiary/aromatic N) is 1. The van der Waals surface area contributed by atoms with Gasteiger partial charge in [0.15, 0.2) is 11.5 Å². The first-order valence-corrected chi connectivity index (χ1v) is 6.60. The molecule has 0 aromatic heterocycles. The molecule has 0 radical (unpaired) electrons. The van der Waals surface area contributed by atoms with Crippen LogP contribution in [0.25, 0.3) is 0 Å². The van der Waals surface area contributed by atoms with E-state index in [1.165, 1.54) is 0 Å². The number of methoxy groups -OCH3 is 1. The Hall–Kier alpha value is -1.46. The van der Waals surface area contributed by atoms with Crippen LogP contribution >= 0.6 is 0 Å². The van der Waals surface area contributed by atoms with Gasteiger partial charge in [0.2, 0.25) is 6.79 Å². The predicted molar refractivity (Wildman–Crippen MR) is 71.6 cm³/mol. The number of ether oxygens (including phenoxy) is 3. The van der Waals surface area contributed by atoms with E-state index in [-0.39, 0.29) is 6.79 Å². The van der Waals surface area contributed by atoms with Crippen molar-refractivity contribution in [3.05, 3.63) is 17.7 Å². The molecule has 0 amide bonds. The lowest BCUT2D eigenvalue weighted by Gasteiger charge is -2.22. The molecule has 104 valence electrons. The molecule has 5 heteroatoms. The fourth-order valence-electron chi connectivity index (χ4n) is 3.02. The number of rotatable bonds is 3. The topological polar surface area (TPSA) is 57.0 Å². The van der Waals surface area contributed by atoms with E-state index in [1.54, 1.807) is 7.11 Å². The van der Waals surface area contributed by atoms with E-state index < -0.39 is 0 Å². The van der Waals surface area contributed by atoms with E-state index in [0.717, 1.165) is 42.3 Å². The van der Waals surface area contributed by atoms with Gasteiger partial charge in [0.25, 0.3) is 0 Å². The highest BCUT2D eigenvalue weighted by atomic mass is 16.7. The van der Waals surface area contributed by atoms with Gasteiger partial charge in [-0.2, -0.15) is 0 Å². The standard InChI is InChI=1S/C14H20N2O3/c1-16-7-9(6-15)3-11(16)10-4-13-14(19-8-18-13)5-12(10)17-2/h4-5,9,11H,3,6-8,15H2,1-2H3. The molecule has 2 aliphatic heterocycles. The van der Waals surface area contributed by atoms with Crippen molar-refractivity contribution in [2.45, 2.75) is 12.5 Å². The summed E-state index contributed by atoms with van der Waals surface area (Å²) in [6, 6.07) is 4.29. The second-order valence-corrected chi connectivity index (χ2v) is 5.24. The molecule has 2 atom stereocenters. The van der Waals surface area contributed by atoms with Gasteiger partial charge >= 0.3 is 0 Å². The Kier molecular flexibility index (Phi) is 3.24. The van der Waals surface area contributed by atoms with E-state index in [1.807, 2.05) is 12.1 Å². The van der Waals surface area contributed by atoms with Crippen molar-refractivity contribution >= 4 is 0 Å². The summed E-state index contributed by atoms with van der Waals surface area (Å²) in [7, 11) is 3.82. The van der Waals surface area contributed by atoms with Crippen LogP contribution in [0.2, 0.25) is 0 Å². The molecule has 0 saturated carbocycles. The van der Waals surface area contributed by atoms with Gasteiger partial charge in [-0.05, 0) is 32.0 Å². The molecule has 1 aromatic rings. The Morgan fingerprint density at radius 3 is 2.74 bits per heavy atom. The normalized spacial score (nSPS) is 25.8. The molecule has 2 unspecified atom stereocenters. The first kappa shape index (κ1) is 12.6. The SMILES string of the molecule is COc1cc2c(cc1C1CC(CN)CN1C)OCO2. The Labute approximate surface area is 113 Å².